The van der Waals surface area contributed by atoms with E-state index in [0.29, 0.717) is 12.0 Å². The van der Waals surface area contributed by atoms with Gasteiger partial charge in [-0.3, -0.25) is 4.57 Å². The quantitative estimate of drug-likeness (QED) is 0.737. The van der Waals surface area contributed by atoms with Crippen molar-refractivity contribution in [3.8, 4) is 0 Å². The van der Waals surface area contributed by atoms with Gasteiger partial charge in [0.2, 0.25) is 0 Å². The zero-order valence-electron chi connectivity index (χ0n) is 9.94. The van der Waals surface area contributed by atoms with Gasteiger partial charge in [0.1, 0.15) is 5.82 Å². The van der Waals surface area contributed by atoms with Crippen molar-refractivity contribution in [3.63, 3.8) is 0 Å². The summed E-state index contributed by atoms with van der Waals surface area (Å²) in [6, 6.07) is 0. The highest BCUT2D eigenvalue weighted by atomic mass is 79.9. The molecule has 6 nitrogen and oxygen atoms in total. The monoisotopic (exact) mass is 347 g/mol. The average molecular weight is 348 g/mol. The Morgan fingerprint density at radius 2 is 2.42 bits per heavy atom. The van der Waals surface area contributed by atoms with E-state index in [4.69, 9.17) is 10.8 Å². The van der Waals surface area contributed by atoms with Gasteiger partial charge in [-0.2, -0.15) is 4.98 Å². The first-order valence-corrected chi connectivity index (χ1v) is 7.52. The van der Waals surface area contributed by atoms with Crippen LogP contribution in [0.3, 0.4) is 0 Å². The van der Waals surface area contributed by atoms with E-state index in [0.717, 1.165) is 0 Å². The molecule has 0 radical (unpaired) electrons. The van der Waals surface area contributed by atoms with Gasteiger partial charge in [-0.05, 0) is 11.1 Å². The summed E-state index contributed by atoms with van der Waals surface area (Å²) in [6.45, 7) is -0.117. The van der Waals surface area contributed by atoms with Crippen molar-refractivity contribution in [2.45, 2.75) is 23.1 Å². The fourth-order valence-electron chi connectivity index (χ4n) is 1.95. The number of nitrogens with zero attached hydrogens (tertiary/aromatic N) is 2. The lowest BCUT2D eigenvalue weighted by Crippen LogP contribution is -2.26. The number of hydrogen-bond acceptors (Lipinski definition) is 6. The van der Waals surface area contributed by atoms with E-state index in [1.165, 1.54) is 16.3 Å². The third-order valence-corrected chi connectivity index (χ3v) is 4.76. The van der Waals surface area contributed by atoms with Gasteiger partial charge in [0, 0.05) is 18.2 Å². The third-order valence-electron chi connectivity index (χ3n) is 2.95. The van der Waals surface area contributed by atoms with E-state index in [9.17, 15) is 9.90 Å². The molecule has 3 atom stereocenters. The molecule has 0 spiro atoms. The molecule has 1 aliphatic heterocycles. The molecule has 1 aliphatic rings. The Kier molecular flexibility index (Phi) is 4.67. The molecule has 0 bridgehead atoms. The SMILES string of the molecule is Nc1nc(=O)n([C@H]2C[C@H](O)[C@@H](CO)S2)cc1/C=C/Br. The average Bonchev–Trinajstić information content (AvgIpc) is 2.74. The molecule has 1 fully saturated rings. The van der Waals surface area contributed by atoms with Crippen LogP contribution in [0.4, 0.5) is 5.82 Å². The standard InChI is InChI=1S/C11H14BrN3O3S/c12-2-1-6-4-15(11(18)14-10(6)13)9-3-7(17)8(5-16)19-9/h1-2,4,7-9,16-17H,3,5H2,(H2,13,14,18)/b2-1+/t7-,8+,9+/m0/s1. The number of nitrogen functional groups attached to an aromatic ring is 1. The molecular weight excluding hydrogens is 334 g/mol. The summed E-state index contributed by atoms with van der Waals surface area (Å²) in [4.78, 5) is 17.3. The van der Waals surface area contributed by atoms with Crippen LogP contribution in [-0.2, 0) is 0 Å². The number of nitrogens with two attached hydrogens (primary N) is 1. The van der Waals surface area contributed by atoms with Crippen LogP contribution in [0.15, 0.2) is 16.0 Å². The first-order valence-electron chi connectivity index (χ1n) is 5.66. The molecule has 1 saturated heterocycles. The van der Waals surface area contributed by atoms with Crippen molar-refractivity contribution in [1.29, 1.82) is 0 Å². The van der Waals surface area contributed by atoms with Crippen LogP contribution in [0, 0.1) is 0 Å². The van der Waals surface area contributed by atoms with E-state index < -0.39 is 11.8 Å². The number of aromatic nitrogens is 2. The second-order valence-electron chi connectivity index (χ2n) is 4.18. The number of thioether (sulfide) groups is 1. The molecular formula is C11H14BrN3O3S. The minimum atomic E-state index is -0.625. The largest absolute Gasteiger partial charge is 0.395 e. The second kappa shape index (κ2) is 6.08. The molecule has 2 heterocycles. The first kappa shape index (κ1) is 14.6. The number of halogens is 1. The highest BCUT2D eigenvalue weighted by Gasteiger charge is 2.34. The summed E-state index contributed by atoms with van der Waals surface area (Å²) in [5.41, 5.74) is 5.84. The van der Waals surface area contributed by atoms with Crippen LogP contribution < -0.4 is 11.4 Å². The fourth-order valence-corrected chi connectivity index (χ4v) is 3.61. The predicted molar refractivity (Wildman–Crippen MR) is 79.0 cm³/mol. The lowest BCUT2D eigenvalue weighted by atomic mass is 10.2. The molecule has 0 amide bonds. The normalized spacial score (nSPS) is 27.2. The number of rotatable bonds is 3. The van der Waals surface area contributed by atoms with Gasteiger partial charge in [0.25, 0.3) is 0 Å². The highest BCUT2D eigenvalue weighted by molar-refractivity contribution is 9.11. The number of hydrogen-bond donors (Lipinski definition) is 3. The lowest BCUT2D eigenvalue weighted by molar-refractivity contribution is 0.137. The zero-order valence-corrected chi connectivity index (χ0v) is 12.3. The van der Waals surface area contributed by atoms with Crippen LogP contribution in [0.5, 0.6) is 0 Å². The maximum atomic E-state index is 11.9. The van der Waals surface area contributed by atoms with Crippen molar-refractivity contribution in [1.82, 2.24) is 9.55 Å². The fraction of sp³-hybridized carbons (Fsp3) is 0.455. The molecule has 19 heavy (non-hydrogen) atoms. The molecule has 0 saturated carbocycles. The Bertz CT molecular complexity index is 548. The molecule has 1 aromatic heterocycles. The molecule has 0 unspecified atom stereocenters. The van der Waals surface area contributed by atoms with Crippen molar-refractivity contribution >= 4 is 39.6 Å². The van der Waals surface area contributed by atoms with Gasteiger partial charge in [0.15, 0.2) is 0 Å². The molecule has 8 heteroatoms. The van der Waals surface area contributed by atoms with Crippen LogP contribution in [0.2, 0.25) is 0 Å². The maximum absolute atomic E-state index is 11.9. The summed E-state index contributed by atoms with van der Waals surface area (Å²) in [7, 11) is 0. The van der Waals surface area contributed by atoms with E-state index in [1.807, 2.05) is 0 Å². The minimum absolute atomic E-state index is 0.117. The molecule has 0 aromatic carbocycles. The smallest absolute Gasteiger partial charge is 0.350 e. The lowest BCUT2D eigenvalue weighted by Gasteiger charge is -2.14. The Balaban J connectivity index is 2.35. The zero-order chi connectivity index (χ0) is 14.0. The predicted octanol–water partition coefficient (Wildman–Crippen LogP) is 0.548. The van der Waals surface area contributed by atoms with Gasteiger partial charge in [-0.15, -0.1) is 11.8 Å². The van der Waals surface area contributed by atoms with E-state index in [-0.39, 0.29) is 23.0 Å². The number of anilines is 1. The van der Waals surface area contributed by atoms with E-state index in [2.05, 4.69) is 20.9 Å². The summed E-state index contributed by atoms with van der Waals surface area (Å²) in [5.74, 6) is 0.166. The Hall–Kier alpha value is -0.830. The Labute approximate surface area is 122 Å². The molecule has 1 aromatic rings. The van der Waals surface area contributed by atoms with Crippen LogP contribution in [-0.4, -0.2) is 37.7 Å². The molecule has 2 rings (SSSR count). The van der Waals surface area contributed by atoms with Gasteiger partial charge in [-0.25, -0.2) is 4.79 Å². The van der Waals surface area contributed by atoms with Crippen molar-refractivity contribution in [2.75, 3.05) is 12.3 Å². The van der Waals surface area contributed by atoms with Crippen LogP contribution in [0.25, 0.3) is 6.08 Å². The van der Waals surface area contributed by atoms with Gasteiger partial charge < -0.3 is 15.9 Å². The van der Waals surface area contributed by atoms with Crippen LogP contribution >= 0.6 is 27.7 Å². The third kappa shape index (κ3) is 3.02. The maximum Gasteiger partial charge on any atom is 0.350 e. The van der Waals surface area contributed by atoms with Gasteiger partial charge >= 0.3 is 5.69 Å². The topological polar surface area (TPSA) is 101 Å². The van der Waals surface area contributed by atoms with E-state index >= 15 is 0 Å². The summed E-state index contributed by atoms with van der Waals surface area (Å²) < 4.78 is 1.45. The van der Waals surface area contributed by atoms with Crippen molar-refractivity contribution in [2.24, 2.45) is 0 Å². The summed E-state index contributed by atoms with van der Waals surface area (Å²) in [5, 5.41) is 18.4. The van der Waals surface area contributed by atoms with Crippen LogP contribution in [0.1, 0.15) is 17.4 Å². The second-order valence-corrected chi connectivity index (χ2v) is 6.13. The summed E-state index contributed by atoms with van der Waals surface area (Å²) >= 11 is 4.51. The van der Waals surface area contributed by atoms with Gasteiger partial charge in [0.05, 0.1) is 23.3 Å². The molecule has 104 valence electrons. The molecule has 4 N–H and O–H groups in total. The van der Waals surface area contributed by atoms with Gasteiger partial charge in [-0.1, -0.05) is 15.9 Å². The first-order chi connectivity index (χ1) is 9.06. The van der Waals surface area contributed by atoms with Crippen molar-refractivity contribution < 1.29 is 10.2 Å². The minimum Gasteiger partial charge on any atom is -0.395 e. The van der Waals surface area contributed by atoms with E-state index in [1.54, 1.807) is 17.3 Å². The number of aliphatic hydroxyl groups excluding tert-OH is 2. The van der Waals surface area contributed by atoms with Crippen molar-refractivity contribution in [3.05, 3.63) is 27.2 Å². The highest BCUT2D eigenvalue weighted by Crippen LogP contribution is 2.40. The Morgan fingerprint density at radius 1 is 1.68 bits per heavy atom. The molecule has 0 aliphatic carbocycles. The summed E-state index contributed by atoms with van der Waals surface area (Å²) in [6.07, 6.45) is 3.09. The Morgan fingerprint density at radius 3 is 3.00 bits per heavy atom. The number of aliphatic hydroxyl groups is 2.